The first-order valence-electron chi connectivity index (χ1n) is 5.30. The molecule has 1 unspecified atom stereocenters. The highest BCUT2D eigenvalue weighted by atomic mass is 127. The van der Waals surface area contributed by atoms with Crippen molar-refractivity contribution in [2.24, 2.45) is 0 Å². The van der Waals surface area contributed by atoms with Crippen LogP contribution in [0.15, 0.2) is 24.3 Å². The van der Waals surface area contributed by atoms with E-state index in [0.717, 1.165) is 4.31 Å². The second-order valence-corrected chi connectivity index (χ2v) is 6.96. The molecule has 1 rings (SSSR count). The molecule has 0 aliphatic rings. The summed E-state index contributed by atoms with van der Waals surface area (Å²) in [5.74, 6) is -1.32. The number of anilines is 1. The number of aliphatic carboxylic acids is 1. The zero-order valence-electron chi connectivity index (χ0n) is 10.00. The van der Waals surface area contributed by atoms with Crippen molar-refractivity contribution in [3.8, 4) is 0 Å². The fraction of sp³-hybridized carbons (Fsp3) is 0.364. The molecule has 0 saturated carbocycles. The van der Waals surface area contributed by atoms with Gasteiger partial charge in [-0.2, -0.15) is 0 Å². The van der Waals surface area contributed by atoms with Crippen LogP contribution in [0, 0.1) is 3.57 Å². The first-order valence-corrected chi connectivity index (χ1v) is 7.99. The molecule has 0 amide bonds. The lowest BCUT2D eigenvalue weighted by atomic mass is 10.2. The van der Waals surface area contributed by atoms with Crippen molar-refractivity contribution < 1.29 is 18.3 Å². The van der Waals surface area contributed by atoms with Crippen LogP contribution in [0.5, 0.6) is 0 Å². The molecule has 1 aromatic rings. The average Bonchev–Trinajstić information content (AvgIpc) is 2.31. The largest absolute Gasteiger partial charge is 0.480 e. The highest BCUT2D eigenvalue weighted by Gasteiger charge is 2.31. The van der Waals surface area contributed by atoms with Crippen LogP contribution in [0.4, 0.5) is 5.69 Å². The quantitative estimate of drug-likeness (QED) is 0.789. The van der Waals surface area contributed by atoms with E-state index in [1.165, 1.54) is 13.8 Å². The van der Waals surface area contributed by atoms with Gasteiger partial charge in [0.2, 0.25) is 10.0 Å². The van der Waals surface area contributed by atoms with Crippen LogP contribution in [0.1, 0.15) is 13.8 Å². The number of sulfonamides is 1. The van der Waals surface area contributed by atoms with E-state index in [9.17, 15) is 13.2 Å². The van der Waals surface area contributed by atoms with Gasteiger partial charge in [0.15, 0.2) is 0 Å². The Kier molecular flexibility index (Phi) is 4.97. The number of halogens is 1. The highest BCUT2D eigenvalue weighted by molar-refractivity contribution is 14.1. The number of hydrogen-bond acceptors (Lipinski definition) is 3. The smallest absolute Gasteiger partial charge is 0.327 e. The van der Waals surface area contributed by atoms with Crippen molar-refractivity contribution in [2.75, 3.05) is 10.1 Å². The first-order chi connectivity index (χ1) is 8.31. The number of carbonyl (C=O) groups is 1. The standard InChI is InChI=1S/C11H14INO4S/c1-3-18(16,17)13(8(2)11(14)15)10-7-5-4-6-9(10)12/h4-8H,3H2,1-2H3,(H,14,15). The minimum Gasteiger partial charge on any atom is -0.480 e. The van der Waals surface area contributed by atoms with Gasteiger partial charge in [-0.25, -0.2) is 13.2 Å². The van der Waals surface area contributed by atoms with Gasteiger partial charge >= 0.3 is 5.97 Å². The summed E-state index contributed by atoms with van der Waals surface area (Å²) in [6.45, 7) is 2.85. The van der Waals surface area contributed by atoms with Gasteiger partial charge < -0.3 is 5.11 Å². The summed E-state index contributed by atoms with van der Waals surface area (Å²) in [5, 5.41) is 9.05. The third kappa shape index (κ3) is 3.14. The Balaban J connectivity index is 3.40. The Hall–Kier alpha value is -0.830. The molecule has 1 N–H and O–H groups in total. The zero-order chi connectivity index (χ0) is 13.9. The van der Waals surface area contributed by atoms with Crippen LogP contribution >= 0.6 is 22.6 Å². The second kappa shape index (κ2) is 5.87. The molecular formula is C11H14INO4S. The monoisotopic (exact) mass is 383 g/mol. The van der Waals surface area contributed by atoms with Gasteiger partial charge in [-0.05, 0) is 48.6 Å². The van der Waals surface area contributed by atoms with Crippen molar-refractivity contribution in [3.05, 3.63) is 27.8 Å². The molecule has 100 valence electrons. The second-order valence-electron chi connectivity index (χ2n) is 3.66. The van der Waals surface area contributed by atoms with Crippen LogP contribution in [0.25, 0.3) is 0 Å². The van der Waals surface area contributed by atoms with E-state index in [1.54, 1.807) is 24.3 Å². The van der Waals surface area contributed by atoms with Gasteiger partial charge in [0.1, 0.15) is 6.04 Å². The minimum absolute atomic E-state index is 0.143. The zero-order valence-corrected chi connectivity index (χ0v) is 13.0. The number of hydrogen-bond donors (Lipinski definition) is 1. The molecule has 0 saturated heterocycles. The van der Waals surface area contributed by atoms with Crippen molar-refractivity contribution in [2.45, 2.75) is 19.9 Å². The van der Waals surface area contributed by atoms with Crippen molar-refractivity contribution in [3.63, 3.8) is 0 Å². The number of carboxylic acid groups (broad SMARTS) is 1. The molecule has 0 aromatic heterocycles. The maximum absolute atomic E-state index is 12.1. The van der Waals surface area contributed by atoms with Gasteiger partial charge in [-0.3, -0.25) is 4.31 Å². The van der Waals surface area contributed by atoms with Crippen LogP contribution in [-0.2, 0) is 14.8 Å². The van der Waals surface area contributed by atoms with Crippen molar-refractivity contribution in [1.29, 1.82) is 0 Å². The molecule has 0 bridgehead atoms. The number of carboxylic acids is 1. The fourth-order valence-corrected chi connectivity index (χ4v) is 3.59. The molecule has 18 heavy (non-hydrogen) atoms. The van der Waals surface area contributed by atoms with Crippen LogP contribution in [0.3, 0.4) is 0 Å². The Labute approximate surface area is 120 Å². The molecule has 0 aliphatic heterocycles. The number of rotatable bonds is 5. The van der Waals surface area contributed by atoms with E-state index in [1.807, 2.05) is 22.6 Å². The Morgan fingerprint density at radius 1 is 1.44 bits per heavy atom. The third-order valence-electron chi connectivity index (χ3n) is 2.46. The lowest BCUT2D eigenvalue weighted by Crippen LogP contribution is -2.44. The van der Waals surface area contributed by atoms with E-state index in [2.05, 4.69) is 0 Å². The summed E-state index contributed by atoms with van der Waals surface area (Å²) >= 11 is 1.99. The summed E-state index contributed by atoms with van der Waals surface area (Å²) < 4.78 is 25.8. The van der Waals surface area contributed by atoms with Gasteiger partial charge in [-0.15, -0.1) is 0 Å². The SMILES string of the molecule is CCS(=O)(=O)N(c1ccccc1I)C(C)C(=O)O. The Morgan fingerprint density at radius 3 is 2.44 bits per heavy atom. The van der Waals surface area contributed by atoms with Crippen LogP contribution < -0.4 is 4.31 Å². The van der Waals surface area contributed by atoms with Gasteiger partial charge in [0.05, 0.1) is 11.4 Å². The number of benzene rings is 1. The fourth-order valence-electron chi connectivity index (χ4n) is 1.47. The average molecular weight is 383 g/mol. The summed E-state index contributed by atoms with van der Waals surface area (Å²) in [5.41, 5.74) is 0.398. The lowest BCUT2D eigenvalue weighted by molar-refractivity contribution is -0.137. The normalized spacial score (nSPS) is 13.1. The van der Waals surface area contributed by atoms with E-state index >= 15 is 0 Å². The maximum atomic E-state index is 12.1. The van der Waals surface area contributed by atoms with Gasteiger partial charge in [0, 0.05) is 3.57 Å². The minimum atomic E-state index is -3.63. The maximum Gasteiger partial charge on any atom is 0.327 e. The van der Waals surface area contributed by atoms with Crippen LogP contribution in [-0.4, -0.2) is 31.3 Å². The molecule has 0 fully saturated rings. The highest BCUT2D eigenvalue weighted by Crippen LogP contribution is 2.27. The number of nitrogens with zero attached hydrogens (tertiary/aromatic N) is 1. The Bertz CT molecular complexity index is 544. The lowest BCUT2D eigenvalue weighted by Gasteiger charge is -2.28. The van der Waals surface area contributed by atoms with Crippen molar-refractivity contribution in [1.82, 2.24) is 0 Å². The predicted octanol–water partition coefficient (Wildman–Crippen LogP) is 1.92. The summed E-state index contributed by atoms with van der Waals surface area (Å²) in [4.78, 5) is 11.1. The molecule has 7 heteroatoms. The van der Waals surface area contributed by atoms with E-state index in [-0.39, 0.29) is 5.75 Å². The summed E-state index contributed by atoms with van der Waals surface area (Å²) in [6, 6.07) is 5.67. The predicted molar refractivity (Wildman–Crippen MR) is 78.2 cm³/mol. The van der Waals surface area contributed by atoms with E-state index in [0.29, 0.717) is 9.26 Å². The van der Waals surface area contributed by atoms with Gasteiger partial charge in [0.25, 0.3) is 0 Å². The molecule has 1 atom stereocenters. The molecule has 5 nitrogen and oxygen atoms in total. The number of para-hydroxylation sites is 1. The van der Waals surface area contributed by atoms with Gasteiger partial charge in [-0.1, -0.05) is 12.1 Å². The van der Waals surface area contributed by atoms with Crippen LogP contribution in [0.2, 0.25) is 0 Å². The first kappa shape index (κ1) is 15.2. The molecule has 0 spiro atoms. The Morgan fingerprint density at radius 2 is 2.00 bits per heavy atom. The van der Waals surface area contributed by atoms with E-state index in [4.69, 9.17) is 5.11 Å². The van der Waals surface area contributed by atoms with Crippen molar-refractivity contribution >= 4 is 44.3 Å². The molecule has 0 heterocycles. The summed E-state index contributed by atoms with van der Waals surface area (Å²) in [6.07, 6.45) is 0. The van der Waals surface area contributed by atoms with E-state index < -0.39 is 22.0 Å². The molecular weight excluding hydrogens is 369 g/mol. The summed E-state index contributed by atoms with van der Waals surface area (Å²) in [7, 11) is -3.63. The molecule has 0 aliphatic carbocycles. The topological polar surface area (TPSA) is 74.7 Å². The molecule has 0 radical (unpaired) electrons. The molecule has 1 aromatic carbocycles. The third-order valence-corrected chi connectivity index (χ3v) is 5.22.